The fourth-order valence-electron chi connectivity index (χ4n) is 1.16. The van der Waals surface area contributed by atoms with E-state index in [4.69, 9.17) is 5.11 Å². The van der Waals surface area contributed by atoms with Gasteiger partial charge in [0.25, 0.3) is 0 Å². The van der Waals surface area contributed by atoms with Gasteiger partial charge in [-0.1, -0.05) is 0 Å². The first-order valence-electron chi connectivity index (χ1n) is 4.23. The third kappa shape index (κ3) is 9.48. The van der Waals surface area contributed by atoms with Crippen LogP contribution in [-0.2, 0) is 4.79 Å². The van der Waals surface area contributed by atoms with E-state index in [0.717, 1.165) is 0 Å². The fraction of sp³-hybridized carbons (Fsp3) is 0.875. The standard InChI is InChI=1S/C8H14F3NO3/c1-7(2,15)4-12(3-6(13)14)5-8(9,10)11/h15H,3-5H2,1-2H3,(H,13,14). The second-order valence-corrected chi connectivity index (χ2v) is 3.97. The number of carboxylic acid groups (broad SMARTS) is 1. The highest BCUT2D eigenvalue weighted by Gasteiger charge is 2.33. The molecule has 0 fully saturated rings. The normalized spacial score (nSPS) is 13.3. The van der Waals surface area contributed by atoms with Crippen LogP contribution in [0.1, 0.15) is 13.8 Å². The zero-order valence-corrected chi connectivity index (χ0v) is 8.51. The van der Waals surface area contributed by atoms with Crippen LogP contribution in [0.25, 0.3) is 0 Å². The molecule has 0 aromatic heterocycles. The topological polar surface area (TPSA) is 60.8 Å². The van der Waals surface area contributed by atoms with Crippen molar-refractivity contribution >= 4 is 5.97 Å². The van der Waals surface area contributed by atoms with Crippen molar-refractivity contribution in [2.24, 2.45) is 0 Å². The lowest BCUT2D eigenvalue weighted by atomic mass is 10.1. The number of carbonyl (C=O) groups is 1. The molecule has 0 saturated heterocycles. The van der Waals surface area contributed by atoms with E-state index in [0.29, 0.717) is 4.90 Å². The van der Waals surface area contributed by atoms with Crippen LogP contribution in [0.15, 0.2) is 0 Å². The number of hydrogen-bond donors (Lipinski definition) is 2. The summed E-state index contributed by atoms with van der Waals surface area (Å²) in [5.41, 5.74) is -1.36. The zero-order valence-electron chi connectivity index (χ0n) is 8.51. The Kier molecular flexibility index (Phi) is 4.54. The number of nitrogens with zero attached hydrogens (tertiary/aromatic N) is 1. The number of halogens is 3. The van der Waals surface area contributed by atoms with Gasteiger partial charge in [-0.2, -0.15) is 13.2 Å². The summed E-state index contributed by atoms with van der Waals surface area (Å²) in [6.45, 7) is 0.196. The SMILES string of the molecule is CC(C)(O)CN(CC(=O)O)CC(F)(F)F. The van der Waals surface area contributed by atoms with Crippen LogP contribution in [-0.4, -0.2) is 52.5 Å². The molecule has 0 aliphatic carbocycles. The van der Waals surface area contributed by atoms with Crippen molar-refractivity contribution < 1.29 is 28.2 Å². The van der Waals surface area contributed by atoms with Gasteiger partial charge in [0.05, 0.1) is 18.7 Å². The number of aliphatic hydroxyl groups is 1. The lowest BCUT2D eigenvalue weighted by molar-refractivity contribution is -0.158. The van der Waals surface area contributed by atoms with Crippen molar-refractivity contribution in [2.75, 3.05) is 19.6 Å². The predicted molar refractivity (Wildman–Crippen MR) is 46.4 cm³/mol. The average molecular weight is 229 g/mol. The van der Waals surface area contributed by atoms with Gasteiger partial charge in [-0.3, -0.25) is 9.69 Å². The number of alkyl halides is 3. The van der Waals surface area contributed by atoms with E-state index in [1.165, 1.54) is 13.8 Å². The fourth-order valence-corrected chi connectivity index (χ4v) is 1.16. The van der Waals surface area contributed by atoms with Gasteiger partial charge in [0, 0.05) is 6.54 Å². The van der Waals surface area contributed by atoms with Crippen LogP contribution in [0.5, 0.6) is 0 Å². The summed E-state index contributed by atoms with van der Waals surface area (Å²) in [6, 6.07) is 0. The Balaban J connectivity index is 4.39. The maximum absolute atomic E-state index is 12.0. The van der Waals surface area contributed by atoms with Gasteiger partial charge >= 0.3 is 12.1 Å². The molecule has 0 atom stereocenters. The number of rotatable bonds is 5. The maximum atomic E-state index is 12.0. The van der Waals surface area contributed by atoms with Crippen molar-refractivity contribution in [3.05, 3.63) is 0 Å². The van der Waals surface area contributed by atoms with E-state index in [9.17, 15) is 23.1 Å². The van der Waals surface area contributed by atoms with Crippen molar-refractivity contribution in [1.29, 1.82) is 0 Å². The van der Waals surface area contributed by atoms with Crippen LogP contribution < -0.4 is 0 Å². The molecule has 90 valence electrons. The summed E-state index contributed by atoms with van der Waals surface area (Å²) in [7, 11) is 0. The van der Waals surface area contributed by atoms with Crippen LogP contribution in [0.3, 0.4) is 0 Å². The maximum Gasteiger partial charge on any atom is 0.401 e. The molecule has 0 rings (SSSR count). The molecular weight excluding hydrogens is 215 g/mol. The molecule has 0 aliphatic heterocycles. The molecule has 7 heteroatoms. The molecule has 0 heterocycles. The second-order valence-electron chi connectivity index (χ2n) is 3.97. The molecule has 0 saturated carbocycles. The largest absolute Gasteiger partial charge is 0.480 e. The van der Waals surface area contributed by atoms with E-state index in [1.807, 2.05) is 0 Å². The highest BCUT2D eigenvalue weighted by molar-refractivity contribution is 5.69. The van der Waals surface area contributed by atoms with Crippen LogP contribution in [0, 0.1) is 0 Å². The summed E-state index contributed by atoms with van der Waals surface area (Å²) in [5, 5.41) is 17.7. The molecule has 0 aromatic carbocycles. The molecule has 15 heavy (non-hydrogen) atoms. The molecule has 0 aromatic rings. The lowest BCUT2D eigenvalue weighted by Gasteiger charge is -2.28. The Labute approximate surface area is 85.3 Å². The third-order valence-electron chi connectivity index (χ3n) is 1.37. The molecule has 4 nitrogen and oxygen atoms in total. The first-order valence-corrected chi connectivity index (χ1v) is 4.23. The molecular formula is C8H14F3NO3. The quantitative estimate of drug-likeness (QED) is 0.728. The Bertz CT molecular complexity index is 206. The lowest BCUT2D eigenvalue weighted by Crippen LogP contribution is -2.45. The van der Waals surface area contributed by atoms with E-state index >= 15 is 0 Å². The van der Waals surface area contributed by atoms with Gasteiger partial charge in [0.15, 0.2) is 0 Å². The van der Waals surface area contributed by atoms with Gasteiger partial charge < -0.3 is 10.2 Å². The van der Waals surface area contributed by atoms with E-state index in [2.05, 4.69) is 0 Å². The number of hydrogen-bond acceptors (Lipinski definition) is 3. The third-order valence-corrected chi connectivity index (χ3v) is 1.37. The Morgan fingerprint density at radius 3 is 2.00 bits per heavy atom. The smallest absolute Gasteiger partial charge is 0.401 e. The minimum absolute atomic E-state index is 0.348. The average Bonchev–Trinajstić information content (AvgIpc) is 1.73. The van der Waals surface area contributed by atoms with Gasteiger partial charge in [-0.15, -0.1) is 0 Å². The molecule has 0 radical (unpaired) electrons. The molecule has 0 spiro atoms. The highest BCUT2D eigenvalue weighted by Crippen LogP contribution is 2.17. The van der Waals surface area contributed by atoms with E-state index < -0.39 is 30.8 Å². The summed E-state index contributed by atoms with van der Waals surface area (Å²) >= 11 is 0. The van der Waals surface area contributed by atoms with E-state index in [1.54, 1.807) is 0 Å². The van der Waals surface area contributed by atoms with Crippen molar-refractivity contribution in [2.45, 2.75) is 25.6 Å². The second kappa shape index (κ2) is 4.80. The van der Waals surface area contributed by atoms with Gasteiger partial charge in [0.2, 0.25) is 0 Å². The van der Waals surface area contributed by atoms with Gasteiger partial charge in [0.1, 0.15) is 0 Å². The van der Waals surface area contributed by atoms with E-state index in [-0.39, 0.29) is 6.54 Å². The minimum atomic E-state index is -4.47. The number of aliphatic carboxylic acids is 1. The van der Waals surface area contributed by atoms with Crippen molar-refractivity contribution in [1.82, 2.24) is 4.90 Å². The molecule has 0 unspecified atom stereocenters. The summed E-state index contributed by atoms with van der Waals surface area (Å²) in [6.07, 6.45) is -4.47. The summed E-state index contributed by atoms with van der Waals surface area (Å²) < 4.78 is 36.0. The Hall–Kier alpha value is -0.820. The van der Waals surface area contributed by atoms with Gasteiger partial charge in [-0.05, 0) is 13.8 Å². The van der Waals surface area contributed by atoms with Crippen molar-refractivity contribution in [3.63, 3.8) is 0 Å². The monoisotopic (exact) mass is 229 g/mol. The summed E-state index contributed by atoms with van der Waals surface area (Å²) in [4.78, 5) is 10.9. The Morgan fingerprint density at radius 2 is 1.73 bits per heavy atom. The molecule has 0 bridgehead atoms. The molecule has 2 N–H and O–H groups in total. The Morgan fingerprint density at radius 1 is 1.27 bits per heavy atom. The highest BCUT2D eigenvalue weighted by atomic mass is 19.4. The van der Waals surface area contributed by atoms with Crippen LogP contribution in [0.4, 0.5) is 13.2 Å². The van der Waals surface area contributed by atoms with Crippen LogP contribution in [0.2, 0.25) is 0 Å². The first kappa shape index (κ1) is 14.2. The van der Waals surface area contributed by atoms with Crippen LogP contribution >= 0.6 is 0 Å². The van der Waals surface area contributed by atoms with Gasteiger partial charge in [-0.25, -0.2) is 0 Å². The minimum Gasteiger partial charge on any atom is -0.480 e. The molecule has 0 amide bonds. The summed E-state index contributed by atoms with van der Waals surface area (Å²) in [5.74, 6) is -1.36. The zero-order chi connectivity index (χ0) is 12.3. The molecule has 0 aliphatic rings. The first-order chi connectivity index (χ1) is 6.49. The van der Waals surface area contributed by atoms with Crippen molar-refractivity contribution in [3.8, 4) is 0 Å². The number of carboxylic acids is 1. The predicted octanol–water partition coefficient (Wildman–Crippen LogP) is 0.706.